The second kappa shape index (κ2) is 4.17. The predicted octanol–water partition coefficient (Wildman–Crippen LogP) is -1.32. The number of aliphatic hydroxyl groups is 1. The Morgan fingerprint density at radius 3 is 3.41 bits per heavy atom. The molecular weight excluding hydrogens is 224 g/mol. The SMILES string of the molecule is [2H]C1=NC2C(=NC([2H])N2[C@H]2CC[C@@H](CO)O2)C(=O)N1. The lowest BCUT2D eigenvalue weighted by Gasteiger charge is -2.28. The van der Waals surface area contributed by atoms with E-state index in [1.807, 2.05) is 0 Å². The van der Waals surface area contributed by atoms with Gasteiger partial charge in [0.15, 0.2) is 6.17 Å². The van der Waals surface area contributed by atoms with Gasteiger partial charge in [-0.15, -0.1) is 0 Å². The Labute approximate surface area is 101 Å². The van der Waals surface area contributed by atoms with Crippen LogP contribution in [0.3, 0.4) is 0 Å². The highest BCUT2D eigenvalue weighted by molar-refractivity contribution is 6.43. The number of ether oxygens (including phenoxy) is 1. The highest BCUT2D eigenvalue weighted by Gasteiger charge is 2.41. The van der Waals surface area contributed by atoms with Gasteiger partial charge in [0.05, 0.1) is 27.0 Å². The van der Waals surface area contributed by atoms with Crippen LogP contribution >= 0.6 is 0 Å². The summed E-state index contributed by atoms with van der Waals surface area (Å²) in [7, 11) is 0. The molecule has 4 atom stereocenters. The maximum Gasteiger partial charge on any atom is 0.274 e. The largest absolute Gasteiger partial charge is 0.394 e. The normalized spacial score (nSPS) is 43.5. The van der Waals surface area contributed by atoms with Crippen molar-refractivity contribution in [2.45, 2.75) is 31.3 Å². The summed E-state index contributed by atoms with van der Waals surface area (Å²) in [5.41, 5.74) is 0.145. The fourth-order valence-electron chi connectivity index (χ4n) is 2.18. The van der Waals surface area contributed by atoms with Crippen molar-refractivity contribution in [3.05, 3.63) is 0 Å². The summed E-state index contributed by atoms with van der Waals surface area (Å²) in [6.45, 7) is -1.04. The van der Waals surface area contributed by atoms with Gasteiger partial charge in [0.2, 0.25) is 0 Å². The number of nitrogens with zero attached hydrogens (tertiary/aromatic N) is 3. The van der Waals surface area contributed by atoms with Crippen LogP contribution in [0.25, 0.3) is 0 Å². The van der Waals surface area contributed by atoms with E-state index >= 15 is 0 Å². The number of aliphatic hydroxyl groups excluding tert-OH is 1. The predicted molar refractivity (Wildman–Crippen MR) is 59.5 cm³/mol. The van der Waals surface area contributed by atoms with E-state index in [4.69, 9.17) is 12.6 Å². The van der Waals surface area contributed by atoms with Crippen molar-refractivity contribution >= 4 is 17.9 Å². The second-order valence-corrected chi connectivity index (χ2v) is 4.12. The highest BCUT2D eigenvalue weighted by atomic mass is 16.5. The molecule has 0 spiro atoms. The van der Waals surface area contributed by atoms with Gasteiger partial charge >= 0.3 is 0 Å². The molecule has 0 aromatic rings. The summed E-state index contributed by atoms with van der Waals surface area (Å²) in [6.07, 6.45) is -0.289. The van der Waals surface area contributed by atoms with Crippen molar-refractivity contribution in [2.75, 3.05) is 13.3 Å². The third-order valence-electron chi connectivity index (χ3n) is 3.07. The summed E-state index contributed by atoms with van der Waals surface area (Å²) < 4.78 is 21.0. The van der Waals surface area contributed by atoms with E-state index < -0.39 is 24.9 Å². The van der Waals surface area contributed by atoms with Crippen molar-refractivity contribution < 1.29 is 17.4 Å². The van der Waals surface area contributed by atoms with Gasteiger partial charge in [0, 0.05) is 0 Å². The molecule has 3 aliphatic heterocycles. The lowest BCUT2D eigenvalue weighted by atomic mass is 10.2. The number of rotatable bonds is 2. The summed E-state index contributed by atoms with van der Waals surface area (Å²) in [5.74, 6) is -0.485. The smallest absolute Gasteiger partial charge is 0.274 e. The number of hydrogen-bond donors (Lipinski definition) is 2. The minimum atomic E-state index is -0.970. The Hall–Kier alpha value is -1.31. The molecule has 0 aromatic carbocycles. The number of aliphatic imine (C=N–C) groups is 2. The molecule has 7 heteroatoms. The molecule has 2 N–H and O–H groups in total. The molecule has 92 valence electrons. The van der Waals surface area contributed by atoms with Gasteiger partial charge < -0.3 is 15.2 Å². The average molecular weight is 240 g/mol. The van der Waals surface area contributed by atoms with Gasteiger partial charge in [-0.2, -0.15) is 0 Å². The molecule has 0 bridgehead atoms. The second-order valence-electron chi connectivity index (χ2n) is 4.12. The zero-order valence-electron chi connectivity index (χ0n) is 11.0. The number of amides is 1. The third kappa shape index (κ3) is 1.76. The van der Waals surface area contributed by atoms with Crippen LogP contribution in [0.15, 0.2) is 9.98 Å². The first-order valence-electron chi connectivity index (χ1n) is 6.57. The number of carbonyl (C=O) groups is 1. The number of hydrogen-bond acceptors (Lipinski definition) is 6. The fourth-order valence-corrected chi connectivity index (χ4v) is 2.18. The molecular formula is C10H14N4O3. The molecule has 3 heterocycles. The topological polar surface area (TPSA) is 86.5 Å². The van der Waals surface area contributed by atoms with Gasteiger partial charge in [-0.05, 0) is 12.8 Å². The zero-order valence-corrected chi connectivity index (χ0v) is 9.04. The van der Waals surface area contributed by atoms with Crippen LogP contribution in [0.4, 0.5) is 0 Å². The summed E-state index contributed by atoms with van der Waals surface area (Å²) in [5, 5.41) is 11.3. The maximum absolute atomic E-state index is 11.7. The van der Waals surface area contributed by atoms with E-state index in [0.717, 1.165) is 0 Å². The van der Waals surface area contributed by atoms with Gasteiger partial charge in [0.25, 0.3) is 5.91 Å². The quantitative estimate of drug-likeness (QED) is 0.627. The number of carbonyl (C=O) groups excluding carboxylic acids is 1. The van der Waals surface area contributed by atoms with E-state index in [9.17, 15) is 4.79 Å². The Morgan fingerprint density at radius 1 is 1.76 bits per heavy atom. The Bertz CT molecular complexity index is 470. The first kappa shape index (κ1) is 8.73. The fraction of sp³-hybridized carbons (Fsp3) is 0.700. The molecule has 0 radical (unpaired) electrons. The van der Waals surface area contributed by atoms with Gasteiger partial charge in [-0.25, -0.2) is 9.89 Å². The number of fused-ring (bicyclic) bond motifs is 1. The van der Waals surface area contributed by atoms with Crippen LogP contribution < -0.4 is 5.32 Å². The van der Waals surface area contributed by atoms with Crippen LogP contribution in [0.5, 0.6) is 0 Å². The standard InChI is InChI=1S/C10H14N4O3/c15-3-6-1-2-7(17-6)14-5-13-8-9(14)11-4-12-10(8)16/h4,6-7,9,15H,1-3,5H2,(H,11,12,16)/t6-,7+,9?/m0/s1/i4D,5D/t5?,6-,7+,9?. The van der Waals surface area contributed by atoms with Gasteiger partial charge in [0.1, 0.15) is 13.3 Å². The van der Waals surface area contributed by atoms with E-state index in [-0.39, 0.29) is 24.7 Å². The van der Waals surface area contributed by atoms with E-state index in [1.54, 1.807) is 4.90 Å². The lowest BCUT2D eigenvalue weighted by Crippen LogP contribution is -2.49. The summed E-state index contributed by atoms with van der Waals surface area (Å²) >= 11 is 0. The monoisotopic (exact) mass is 240 g/mol. The van der Waals surface area contributed by atoms with Crippen molar-refractivity contribution in [1.82, 2.24) is 10.2 Å². The molecule has 1 amide bonds. The zero-order chi connectivity index (χ0) is 13.6. The first-order chi connectivity index (χ1) is 9.10. The highest BCUT2D eigenvalue weighted by Crippen LogP contribution is 2.27. The Balaban J connectivity index is 1.84. The number of amidine groups is 1. The average Bonchev–Trinajstić information content (AvgIpc) is 2.93. The maximum atomic E-state index is 11.7. The van der Waals surface area contributed by atoms with Crippen molar-refractivity contribution in [1.29, 1.82) is 0 Å². The molecule has 0 aliphatic carbocycles. The van der Waals surface area contributed by atoms with E-state index in [1.165, 1.54) is 0 Å². The van der Waals surface area contributed by atoms with E-state index in [0.29, 0.717) is 12.8 Å². The van der Waals surface area contributed by atoms with Crippen LogP contribution in [0.2, 0.25) is 0 Å². The summed E-state index contributed by atoms with van der Waals surface area (Å²) in [4.78, 5) is 21.2. The van der Waals surface area contributed by atoms with E-state index in [2.05, 4.69) is 15.3 Å². The van der Waals surface area contributed by atoms with Crippen molar-refractivity contribution in [3.8, 4) is 0 Å². The molecule has 2 unspecified atom stereocenters. The first-order valence-corrected chi connectivity index (χ1v) is 5.49. The molecule has 17 heavy (non-hydrogen) atoms. The summed E-state index contributed by atoms with van der Waals surface area (Å²) in [6, 6.07) is 0. The van der Waals surface area contributed by atoms with Gasteiger partial charge in [-0.3, -0.25) is 9.79 Å². The van der Waals surface area contributed by atoms with Crippen molar-refractivity contribution in [2.24, 2.45) is 9.98 Å². The molecule has 3 aliphatic rings. The third-order valence-corrected chi connectivity index (χ3v) is 3.07. The minimum Gasteiger partial charge on any atom is -0.394 e. The van der Waals surface area contributed by atoms with Crippen LogP contribution in [-0.2, 0) is 9.53 Å². The van der Waals surface area contributed by atoms with Crippen molar-refractivity contribution in [3.63, 3.8) is 0 Å². The van der Waals surface area contributed by atoms with Crippen LogP contribution in [-0.4, -0.2) is 59.7 Å². The van der Waals surface area contributed by atoms with Gasteiger partial charge in [-0.1, -0.05) is 0 Å². The Kier molecular flexibility index (Phi) is 2.14. The molecule has 0 saturated carbocycles. The number of nitrogens with one attached hydrogen (secondary N) is 1. The molecule has 1 fully saturated rings. The van der Waals surface area contributed by atoms with Crippen LogP contribution in [0, 0.1) is 0 Å². The molecule has 0 aromatic heterocycles. The Morgan fingerprint density at radius 2 is 2.65 bits per heavy atom. The molecule has 7 nitrogen and oxygen atoms in total. The molecule has 1 saturated heterocycles. The van der Waals surface area contributed by atoms with Crippen LogP contribution in [0.1, 0.15) is 15.6 Å². The molecule has 3 rings (SSSR count). The minimum absolute atomic E-state index is 0.0706. The lowest BCUT2D eigenvalue weighted by molar-refractivity contribution is -0.114.